The predicted molar refractivity (Wildman–Crippen MR) is 81.5 cm³/mol. The maximum atomic E-state index is 6.18. The maximum absolute atomic E-state index is 6.18. The predicted octanol–water partition coefficient (Wildman–Crippen LogP) is 3.28. The number of rotatable bonds is 4. The van der Waals surface area contributed by atoms with E-state index in [0.717, 1.165) is 30.6 Å². The number of aromatic nitrogens is 2. The van der Waals surface area contributed by atoms with E-state index in [9.17, 15) is 0 Å². The lowest BCUT2D eigenvalue weighted by Gasteiger charge is -2.34. The zero-order valence-corrected chi connectivity index (χ0v) is 13.0. The van der Waals surface area contributed by atoms with Crippen LogP contribution in [0, 0.1) is 6.92 Å². The third kappa shape index (κ3) is 3.19. The lowest BCUT2D eigenvalue weighted by Crippen LogP contribution is -2.44. The van der Waals surface area contributed by atoms with Crippen LogP contribution in [0.1, 0.15) is 49.6 Å². The molecule has 0 aliphatic heterocycles. The molecule has 1 heterocycles. The van der Waals surface area contributed by atoms with Crippen molar-refractivity contribution in [2.24, 2.45) is 5.73 Å². The third-order valence-corrected chi connectivity index (χ3v) is 3.78. The molecular formula is C15H20ClN3O2. The Labute approximate surface area is 130 Å². The molecule has 1 aliphatic rings. The average Bonchev–Trinajstić information content (AvgIpc) is 2.86. The van der Waals surface area contributed by atoms with Crippen molar-refractivity contribution in [3.8, 4) is 5.75 Å². The molecule has 0 bridgehead atoms. The van der Waals surface area contributed by atoms with Crippen LogP contribution >= 0.6 is 12.4 Å². The molecule has 1 unspecified atom stereocenters. The molecular weight excluding hydrogens is 290 g/mol. The Morgan fingerprint density at radius 1 is 1.38 bits per heavy atom. The molecule has 0 saturated heterocycles. The Morgan fingerprint density at radius 2 is 2.14 bits per heavy atom. The average molecular weight is 310 g/mol. The summed E-state index contributed by atoms with van der Waals surface area (Å²) in [7, 11) is 0. The van der Waals surface area contributed by atoms with Crippen LogP contribution in [0.5, 0.6) is 5.75 Å². The number of ether oxygens (including phenoxy) is 1. The Morgan fingerprint density at radius 3 is 2.76 bits per heavy atom. The van der Waals surface area contributed by atoms with E-state index >= 15 is 0 Å². The van der Waals surface area contributed by atoms with E-state index in [1.807, 2.05) is 38.1 Å². The highest BCUT2D eigenvalue weighted by Gasteiger charge is 2.39. The van der Waals surface area contributed by atoms with E-state index in [-0.39, 0.29) is 18.5 Å². The Bertz CT molecular complexity index is 610. The van der Waals surface area contributed by atoms with E-state index in [2.05, 4.69) is 10.1 Å². The highest BCUT2D eigenvalue weighted by atomic mass is 35.5. The molecule has 1 aromatic carbocycles. The van der Waals surface area contributed by atoms with Crippen LogP contribution in [0.25, 0.3) is 0 Å². The van der Waals surface area contributed by atoms with Gasteiger partial charge in [-0.3, -0.25) is 0 Å². The summed E-state index contributed by atoms with van der Waals surface area (Å²) in [4.78, 5) is 4.39. The van der Waals surface area contributed by atoms with Crippen molar-refractivity contribution in [3.63, 3.8) is 0 Å². The summed E-state index contributed by atoms with van der Waals surface area (Å²) in [6.07, 6.45) is 2.66. The minimum atomic E-state index is -0.398. The molecule has 21 heavy (non-hydrogen) atoms. The molecule has 0 spiro atoms. The molecule has 1 fully saturated rings. The first-order valence-electron chi connectivity index (χ1n) is 6.93. The molecule has 1 aromatic heterocycles. The fourth-order valence-corrected chi connectivity index (χ4v) is 2.33. The van der Waals surface area contributed by atoms with Crippen molar-refractivity contribution in [3.05, 3.63) is 41.5 Å². The first kappa shape index (κ1) is 15.8. The summed E-state index contributed by atoms with van der Waals surface area (Å²) >= 11 is 0. The second-order valence-corrected chi connectivity index (χ2v) is 5.54. The number of hydrogen-bond donors (Lipinski definition) is 1. The van der Waals surface area contributed by atoms with Crippen LogP contribution in [-0.2, 0) is 5.54 Å². The fourth-order valence-electron chi connectivity index (χ4n) is 2.33. The molecule has 2 N–H and O–H groups in total. The van der Waals surface area contributed by atoms with Gasteiger partial charge in [0.1, 0.15) is 5.75 Å². The summed E-state index contributed by atoms with van der Waals surface area (Å²) in [5.41, 5.74) is 6.94. The van der Waals surface area contributed by atoms with E-state index < -0.39 is 5.54 Å². The molecule has 0 amide bonds. The molecule has 2 aromatic rings. The van der Waals surface area contributed by atoms with Crippen molar-refractivity contribution in [2.75, 3.05) is 0 Å². The number of aryl methyl sites for hydroxylation is 1. The summed E-state index contributed by atoms with van der Waals surface area (Å²) < 4.78 is 11.1. The monoisotopic (exact) mass is 309 g/mol. The van der Waals surface area contributed by atoms with E-state index in [0.29, 0.717) is 11.7 Å². The highest BCUT2D eigenvalue weighted by molar-refractivity contribution is 5.85. The summed E-state index contributed by atoms with van der Waals surface area (Å²) in [5, 5.41) is 4.00. The Hall–Kier alpha value is -1.59. The van der Waals surface area contributed by atoms with Gasteiger partial charge in [-0.15, -0.1) is 12.4 Å². The van der Waals surface area contributed by atoms with Gasteiger partial charge in [0.05, 0.1) is 5.54 Å². The SMILES string of the molecule is Cc1cccc(OC(C)c2nc(C3(N)CCC3)no2)c1.Cl. The third-order valence-electron chi connectivity index (χ3n) is 3.78. The van der Waals surface area contributed by atoms with Crippen molar-refractivity contribution in [2.45, 2.75) is 44.8 Å². The summed E-state index contributed by atoms with van der Waals surface area (Å²) in [6.45, 7) is 3.92. The Kier molecular flexibility index (Phi) is 4.54. The highest BCUT2D eigenvalue weighted by Crippen LogP contribution is 2.37. The van der Waals surface area contributed by atoms with Gasteiger partial charge in [-0.05, 0) is 50.8 Å². The van der Waals surface area contributed by atoms with Gasteiger partial charge >= 0.3 is 0 Å². The van der Waals surface area contributed by atoms with Gasteiger partial charge in [0.2, 0.25) is 0 Å². The van der Waals surface area contributed by atoms with E-state index in [4.69, 9.17) is 15.0 Å². The number of halogens is 1. The van der Waals surface area contributed by atoms with Crippen molar-refractivity contribution in [1.82, 2.24) is 10.1 Å². The molecule has 5 nitrogen and oxygen atoms in total. The lowest BCUT2D eigenvalue weighted by atomic mass is 9.77. The second kappa shape index (κ2) is 6.03. The van der Waals surface area contributed by atoms with Crippen LogP contribution < -0.4 is 10.5 Å². The lowest BCUT2D eigenvalue weighted by molar-refractivity contribution is 0.174. The van der Waals surface area contributed by atoms with Crippen molar-refractivity contribution < 1.29 is 9.26 Å². The molecule has 1 atom stereocenters. The van der Waals surface area contributed by atoms with Gasteiger partial charge in [0.15, 0.2) is 11.9 Å². The normalized spacial score (nSPS) is 17.5. The first-order valence-corrected chi connectivity index (χ1v) is 6.93. The van der Waals surface area contributed by atoms with Crippen LogP contribution in [0.15, 0.2) is 28.8 Å². The van der Waals surface area contributed by atoms with Gasteiger partial charge < -0.3 is 15.0 Å². The number of benzene rings is 1. The molecule has 1 saturated carbocycles. The molecule has 114 valence electrons. The quantitative estimate of drug-likeness (QED) is 0.938. The molecule has 1 aliphatic carbocycles. The first-order chi connectivity index (χ1) is 9.57. The number of nitrogens with two attached hydrogens (primary N) is 1. The number of nitrogens with zero attached hydrogens (tertiary/aromatic N) is 2. The van der Waals surface area contributed by atoms with Gasteiger partial charge in [-0.1, -0.05) is 17.3 Å². The van der Waals surface area contributed by atoms with Gasteiger partial charge in [-0.25, -0.2) is 0 Å². The minimum Gasteiger partial charge on any atom is -0.481 e. The van der Waals surface area contributed by atoms with Gasteiger partial charge in [-0.2, -0.15) is 4.98 Å². The number of hydrogen-bond acceptors (Lipinski definition) is 5. The summed E-state index contributed by atoms with van der Waals surface area (Å²) in [5.74, 6) is 1.86. The second-order valence-electron chi connectivity index (χ2n) is 5.54. The topological polar surface area (TPSA) is 74.2 Å². The largest absolute Gasteiger partial charge is 0.481 e. The standard InChI is InChI=1S/C15H19N3O2.ClH/c1-10-5-3-6-12(9-10)19-11(2)13-17-14(18-20-13)15(16)7-4-8-15;/h3,5-6,9,11H,4,7-8,16H2,1-2H3;1H. The fraction of sp³-hybridized carbons (Fsp3) is 0.467. The van der Waals surface area contributed by atoms with E-state index in [1.54, 1.807) is 0 Å². The maximum Gasteiger partial charge on any atom is 0.267 e. The Balaban J connectivity index is 0.00000161. The van der Waals surface area contributed by atoms with Crippen LogP contribution in [0.2, 0.25) is 0 Å². The van der Waals surface area contributed by atoms with E-state index in [1.165, 1.54) is 0 Å². The molecule has 6 heteroatoms. The van der Waals surface area contributed by atoms with Crippen LogP contribution in [0.4, 0.5) is 0 Å². The van der Waals surface area contributed by atoms with Gasteiger partial charge in [0, 0.05) is 0 Å². The van der Waals surface area contributed by atoms with Gasteiger partial charge in [0.25, 0.3) is 5.89 Å². The zero-order chi connectivity index (χ0) is 14.2. The minimum absolute atomic E-state index is 0. The molecule has 3 rings (SSSR count). The van der Waals surface area contributed by atoms with Crippen molar-refractivity contribution in [1.29, 1.82) is 0 Å². The van der Waals surface area contributed by atoms with Crippen molar-refractivity contribution >= 4 is 12.4 Å². The smallest absolute Gasteiger partial charge is 0.267 e. The molecule has 0 radical (unpaired) electrons. The van der Waals surface area contributed by atoms with Crippen LogP contribution in [0.3, 0.4) is 0 Å². The zero-order valence-electron chi connectivity index (χ0n) is 12.2. The van der Waals surface area contributed by atoms with Crippen LogP contribution in [-0.4, -0.2) is 10.1 Å². The summed E-state index contributed by atoms with van der Waals surface area (Å²) in [6, 6.07) is 7.87.